The Hall–Kier alpha value is -2.14. The van der Waals surface area contributed by atoms with Gasteiger partial charge in [-0.25, -0.2) is 4.79 Å². The van der Waals surface area contributed by atoms with Crippen LogP contribution in [0, 0.1) is 0 Å². The smallest absolute Gasteiger partial charge is 0.298 e. The van der Waals surface area contributed by atoms with Crippen molar-refractivity contribution in [1.82, 2.24) is 9.55 Å². The quantitative estimate of drug-likeness (QED) is 0.725. The van der Waals surface area contributed by atoms with Crippen molar-refractivity contribution in [1.29, 1.82) is 0 Å². The van der Waals surface area contributed by atoms with Gasteiger partial charge in [-0.2, -0.15) is 0 Å². The second-order valence-electron chi connectivity index (χ2n) is 4.01. The fourth-order valence-corrected chi connectivity index (χ4v) is 2.88. The van der Waals surface area contributed by atoms with Crippen LogP contribution in [-0.4, -0.2) is 9.55 Å². The van der Waals surface area contributed by atoms with Crippen LogP contribution in [0.2, 0.25) is 0 Å². The second-order valence-corrected chi connectivity index (χ2v) is 4.89. The van der Waals surface area contributed by atoms with Crippen molar-refractivity contribution in [2.24, 2.45) is 7.05 Å². The molecule has 4 nitrogen and oxygen atoms in total. The molecule has 2 aromatic heterocycles. The highest BCUT2D eigenvalue weighted by atomic mass is 32.1. The Morgan fingerprint density at radius 3 is 2.61 bits per heavy atom. The molecule has 18 heavy (non-hydrogen) atoms. The van der Waals surface area contributed by atoms with Gasteiger partial charge in [-0.05, 0) is 5.56 Å². The zero-order valence-corrected chi connectivity index (χ0v) is 10.5. The average molecular weight is 258 g/mol. The van der Waals surface area contributed by atoms with Gasteiger partial charge < -0.3 is 0 Å². The van der Waals surface area contributed by atoms with E-state index in [-0.39, 0.29) is 11.2 Å². The zero-order chi connectivity index (χ0) is 12.7. The number of nitrogens with one attached hydrogen (secondary N) is 1. The molecule has 0 radical (unpaired) electrons. The first-order valence-corrected chi connectivity index (χ1v) is 6.32. The Balaban J connectivity index is 2.44. The van der Waals surface area contributed by atoms with Crippen LogP contribution >= 0.6 is 11.3 Å². The number of nitrogens with zero attached hydrogens (tertiary/aromatic N) is 1. The Kier molecular flexibility index (Phi) is 2.41. The number of rotatable bonds is 1. The summed E-state index contributed by atoms with van der Waals surface area (Å²) in [6.07, 6.45) is 0. The Labute approximate surface area is 106 Å². The SMILES string of the molecule is Cn1c(=O)[nH]c2scc(-c3ccccc3)c2c1=O. The molecule has 3 rings (SSSR count). The topological polar surface area (TPSA) is 54.9 Å². The molecule has 1 N–H and O–H groups in total. The fraction of sp³-hybridized carbons (Fsp3) is 0.0769. The van der Waals surface area contributed by atoms with Crippen molar-refractivity contribution in [2.45, 2.75) is 0 Å². The van der Waals surface area contributed by atoms with Crippen LogP contribution in [-0.2, 0) is 7.05 Å². The number of thiophene rings is 1. The van der Waals surface area contributed by atoms with Crippen molar-refractivity contribution in [3.8, 4) is 11.1 Å². The molecule has 0 spiro atoms. The van der Waals surface area contributed by atoms with E-state index >= 15 is 0 Å². The molecule has 2 heterocycles. The van der Waals surface area contributed by atoms with Crippen LogP contribution in [0.3, 0.4) is 0 Å². The van der Waals surface area contributed by atoms with E-state index in [9.17, 15) is 9.59 Å². The molecule has 90 valence electrons. The Morgan fingerprint density at radius 1 is 1.17 bits per heavy atom. The predicted molar refractivity (Wildman–Crippen MR) is 73.1 cm³/mol. The lowest BCUT2D eigenvalue weighted by Crippen LogP contribution is -2.31. The van der Waals surface area contributed by atoms with E-state index in [1.807, 2.05) is 35.7 Å². The Bertz CT molecular complexity index is 828. The van der Waals surface area contributed by atoms with E-state index in [0.29, 0.717) is 10.2 Å². The van der Waals surface area contributed by atoms with Crippen LogP contribution in [0.4, 0.5) is 0 Å². The molecule has 0 aliphatic carbocycles. The van der Waals surface area contributed by atoms with E-state index in [4.69, 9.17) is 0 Å². The molecule has 0 saturated heterocycles. The number of benzene rings is 1. The summed E-state index contributed by atoms with van der Waals surface area (Å²) in [4.78, 5) is 27.0. The summed E-state index contributed by atoms with van der Waals surface area (Å²) in [5.41, 5.74) is 1.21. The summed E-state index contributed by atoms with van der Waals surface area (Å²) in [7, 11) is 1.48. The molecule has 0 unspecified atom stereocenters. The number of fused-ring (bicyclic) bond motifs is 1. The molecular weight excluding hydrogens is 248 g/mol. The van der Waals surface area contributed by atoms with Gasteiger partial charge in [0.25, 0.3) is 5.56 Å². The van der Waals surface area contributed by atoms with E-state index in [2.05, 4.69) is 4.98 Å². The van der Waals surface area contributed by atoms with E-state index in [1.54, 1.807) is 0 Å². The van der Waals surface area contributed by atoms with Gasteiger partial charge in [0, 0.05) is 18.0 Å². The molecule has 0 aliphatic rings. The van der Waals surface area contributed by atoms with Crippen molar-refractivity contribution in [2.75, 3.05) is 0 Å². The van der Waals surface area contributed by atoms with Gasteiger partial charge in [-0.15, -0.1) is 11.3 Å². The second kappa shape index (κ2) is 3.96. The van der Waals surface area contributed by atoms with Crippen LogP contribution in [0.5, 0.6) is 0 Å². The van der Waals surface area contributed by atoms with Crippen molar-refractivity contribution in [3.63, 3.8) is 0 Å². The minimum absolute atomic E-state index is 0.256. The Morgan fingerprint density at radius 2 is 1.89 bits per heavy atom. The monoisotopic (exact) mass is 258 g/mol. The molecule has 0 bridgehead atoms. The first-order chi connectivity index (χ1) is 8.68. The molecule has 0 amide bonds. The summed E-state index contributed by atoms with van der Waals surface area (Å²) in [6.45, 7) is 0. The summed E-state index contributed by atoms with van der Waals surface area (Å²) in [5, 5.41) is 2.48. The van der Waals surface area contributed by atoms with Gasteiger partial charge in [0.1, 0.15) is 4.83 Å². The standard InChI is InChI=1S/C13H10N2O2S/c1-15-12(16)10-9(8-5-3-2-4-6-8)7-18-11(10)14-13(15)17/h2-7H,1H3,(H,14,17). The molecule has 0 fully saturated rings. The van der Waals surface area contributed by atoms with Crippen molar-refractivity contribution >= 4 is 21.6 Å². The molecule has 0 saturated carbocycles. The molecule has 0 aliphatic heterocycles. The normalized spacial score (nSPS) is 10.9. The average Bonchev–Trinajstić information content (AvgIpc) is 2.81. The van der Waals surface area contributed by atoms with Gasteiger partial charge in [0.15, 0.2) is 0 Å². The van der Waals surface area contributed by atoms with E-state index < -0.39 is 0 Å². The summed E-state index contributed by atoms with van der Waals surface area (Å²) in [5.74, 6) is 0. The first-order valence-electron chi connectivity index (χ1n) is 5.44. The first kappa shape index (κ1) is 11.0. The van der Waals surface area contributed by atoms with Crippen LogP contribution in [0.25, 0.3) is 21.3 Å². The maximum absolute atomic E-state index is 12.2. The third-order valence-electron chi connectivity index (χ3n) is 2.92. The molecule has 3 aromatic rings. The van der Waals surface area contributed by atoms with Gasteiger partial charge in [0.05, 0.1) is 5.39 Å². The predicted octanol–water partition coefficient (Wildman–Crippen LogP) is 1.96. The zero-order valence-electron chi connectivity index (χ0n) is 9.64. The van der Waals surface area contributed by atoms with Gasteiger partial charge in [-0.1, -0.05) is 30.3 Å². The van der Waals surface area contributed by atoms with Crippen LogP contribution in [0.1, 0.15) is 0 Å². The maximum Gasteiger partial charge on any atom is 0.329 e. The lowest BCUT2D eigenvalue weighted by atomic mass is 10.1. The number of hydrogen-bond acceptors (Lipinski definition) is 3. The lowest BCUT2D eigenvalue weighted by Gasteiger charge is -2.00. The van der Waals surface area contributed by atoms with Gasteiger partial charge >= 0.3 is 5.69 Å². The minimum atomic E-state index is -0.381. The molecule has 5 heteroatoms. The minimum Gasteiger partial charge on any atom is -0.298 e. The lowest BCUT2D eigenvalue weighted by molar-refractivity contribution is 0.796. The summed E-state index contributed by atoms with van der Waals surface area (Å²) in [6, 6.07) is 9.68. The summed E-state index contributed by atoms with van der Waals surface area (Å²) >= 11 is 1.38. The van der Waals surface area contributed by atoms with Crippen LogP contribution in [0.15, 0.2) is 45.3 Å². The van der Waals surface area contributed by atoms with Gasteiger partial charge in [-0.3, -0.25) is 14.3 Å². The number of aromatic amines is 1. The fourth-order valence-electron chi connectivity index (χ4n) is 1.93. The highest BCUT2D eigenvalue weighted by Crippen LogP contribution is 2.29. The number of hydrogen-bond donors (Lipinski definition) is 1. The number of H-pyrrole nitrogens is 1. The largest absolute Gasteiger partial charge is 0.329 e. The third kappa shape index (κ3) is 1.52. The maximum atomic E-state index is 12.2. The van der Waals surface area contributed by atoms with E-state index in [1.165, 1.54) is 18.4 Å². The van der Waals surface area contributed by atoms with Crippen LogP contribution < -0.4 is 11.2 Å². The summed E-state index contributed by atoms with van der Waals surface area (Å²) < 4.78 is 1.10. The van der Waals surface area contributed by atoms with E-state index in [0.717, 1.165) is 15.7 Å². The van der Waals surface area contributed by atoms with Crippen molar-refractivity contribution in [3.05, 3.63) is 56.5 Å². The number of aromatic nitrogens is 2. The van der Waals surface area contributed by atoms with Crippen molar-refractivity contribution < 1.29 is 0 Å². The highest BCUT2D eigenvalue weighted by Gasteiger charge is 2.12. The molecule has 0 atom stereocenters. The highest BCUT2D eigenvalue weighted by molar-refractivity contribution is 7.17. The third-order valence-corrected chi connectivity index (χ3v) is 3.81. The van der Waals surface area contributed by atoms with Gasteiger partial charge in [0.2, 0.25) is 0 Å². The molecular formula is C13H10N2O2S. The molecule has 1 aromatic carbocycles.